The van der Waals surface area contributed by atoms with Gasteiger partial charge in [0.15, 0.2) is 5.83 Å². The van der Waals surface area contributed by atoms with Gasteiger partial charge in [0.1, 0.15) is 5.76 Å². The van der Waals surface area contributed by atoms with Crippen LogP contribution in [0.2, 0.25) is 0 Å². The molecule has 2 aromatic rings. The minimum Gasteiger partial charge on any atom is -0.641 e. The summed E-state index contributed by atoms with van der Waals surface area (Å²) in [6.07, 6.45) is 0. The average molecular weight is 288 g/mol. The first-order valence-electron chi connectivity index (χ1n) is 6.37. The monoisotopic (exact) mass is 288 g/mol. The highest BCUT2D eigenvalue weighted by Gasteiger charge is 2.36. The molecule has 0 aliphatic carbocycles. The molecule has 0 aromatic heterocycles. The van der Waals surface area contributed by atoms with Crippen molar-refractivity contribution in [2.45, 2.75) is 0 Å². The standard InChI is InChI=1S/C15H10BF3NO/c17-13-14(11-7-3-1-4-8-11)20-16(18,19)21-15(13)12-9-5-2-6-10-12/h1-10H/q-1. The molecule has 3 rings (SSSR count). The third-order valence-corrected chi connectivity index (χ3v) is 3.03. The molecule has 0 fully saturated rings. The van der Waals surface area contributed by atoms with Crippen molar-refractivity contribution in [2.24, 2.45) is 4.90 Å². The quantitative estimate of drug-likeness (QED) is 0.758. The number of rotatable bonds is 2. The summed E-state index contributed by atoms with van der Waals surface area (Å²) in [7, 11) is -4.49. The second-order valence-corrected chi connectivity index (χ2v) is 4.53. The SMILES string of the molecule is FC1=C(c2ccccc2)O[B-](F)(F)N=C1c1ccccc1. The second kappa shape index (κ2) is 5.12. The van der Waals surface area contributed by atoms with Gasteiger partial charge in [0.25, 0.3) is 0 Å². The van der Waals surface area contributed by atoms with E-state index in [1.165, 1.54) is 24.3 Å². The summed E-state index contributed by atoms with van der Waals surface area (Å²) < 4.78 is 46.4. The largest absolute Gasteiger partial charge is 0.641 e. The Kier molecular flexibility index (Phi) is 3.29. The van der Waals surface area contributed by atoms with Gasteiger partial charge in [-0.2, -0.15) is 0 Å². The molecule has 0 bridgehead atoms. The molecular weight excluding hydrogens is 278 g/mol. The summed E-state index contributed by atoms with van der Waals surface area (Å²) in [5.41, 5.74) is 0.152. The Bertz CT molecular complexity index is 714. The van der Waals surface area contributed by atoms with E-state index in [1.807, 2.05) is 0 Å². The minimum absolute atomic E-state index is 0.250. The van der Waals surface area contributed by atoms with Gasteiger partial charge in [0.2, 0.25) is 0 Å². The molecule has 1 aliphatic rings. The maximum atomic E-state index is 14.5. The van der Waals surface area contributed by atoms with E-state index in [1.54, 1.807) is 36.4 Å². The van der Waals surface area contributed by atoms with Gasteiger partial charge in [-0.15, -0.1) is 0 Å². The molecular formula is C15H10BF3NO-. The van der Waals surface area contributed by atoms with Crippen LogP contribution in [0.3, 0.4) is 0 Å². The molecule has 2 aromatic carbocycles. The molecule has 0 atom stereocenters. The zero-order chi connectivity index (χ0) is 14.9. The van der Waals surface area contributed by atoms with Crippen molar-refractivity contribution in [3.05, 3.63) is 77.6 Å². The van der Waals surface area contributed by atoms with E-state index in [0.29, 0.717) is 0 Å². The number of benzene rings is 2. The van der Waals surface area contributed by atoms with E-state index < -0.39 is 18.6 Å². The zero-order valence-corrected chi connectivity index (χ0v) is 10.8. The number of hydrogen-bond acceptors (Lipinski definition) is 2. The molecule has 21 heavy (non-hydrogen) atoms. The predicted molar refractivity (Wildman–Crippen MR) is 76.5 cm³/mol. The first-order chi connectivity index (χ1) is 10.1. The predicted octanol–water partition coefficient (Wildman–Crippen LogP) is 4.22. The van der Waals surface area contributed by atoms with Crippen LogP contribution in [0.5, 0.6) is 0 Å². The fraction of sp³-hybridized carbons (Fsp3) is 0. The van der Waals surface area contributed by atoms with E-state index in [9.17, 15) is 13.0 Å². The van der Waals surface area contributed by atoms with E-state index in [0.717, 1.165) is 0 Å². The summed E-state index contributed by atoms with van der Waals surface area (Å²) in [6, 6.07) is 16.0. The van der Waals surface area contributed by atoms with Crippen molar-refractivity contribution >= 4 is 18.5 Å². The highest BCUT2D eigenvalue weighted by Crippen LogP contribution is 2.34. The second-order valence-electron chi connectivity index (χ2n) is 4.53. The number of nitrogens with zero attached hydrogens (tertiary/aromatic N) is 1. The highest BCUT2D eigenvalue weighted by molar-refractivity contribution is 6.61. The topological polar surface area (TPSA) is 21.6 Å². The third-order valence-electron chi connectivity index (χ3n) is 3.03. The lowest BCUT2D eigenvalue weighted by molar-refractivity contribution is 0.340. The van der Waals surface area contributed by atoms with Crippen LogP contribution in [0.25, 0.3) is 5.76 Å². The Labute approximate surface area is 119 Å². The lowest BCUT2D eigenvalue weighted by atomic mass is 9.97. The Morgan fingerprint density at radius 1 is 0.810 bits per heavy atom. The zero-order valence-electron chi connectivity index (χ0n) is 10.8. The molecule has 0 N–H and O–H groups in total. The lowest BCUT2D eigenvalue weighted by Gasteiger charge is -2.31. The highest BCUT2D eigenvalue weighted by atomic mass is 19.3. The van der Waals surface area contributed by atoms with Gasteiger partial charge < -0.3 is 18.2 Å². The molecule has 2 nitrogen and oxygen atoms in total. The van der Waals surface area contributed by atoms with Gasteiger partial charge in [-0.05, 0) is 5.56 Å². The molecule has 106 valence electrons. The molecule has 1 aliphatic heterocycles. The molecule has 0 amide bonds. The molecule has 0 saturated heterocycles. The van der Waals surface area contributed by atoms with E-state index >= 15 is 0 Å². The molecule has 6 heteroatoms. The first kappa shape index (κ1) is 13.5. The van der Waals surface area contributed by atoms with Gasteiger partial charge in [-0.3, -0.25) is 0 Å². The van der Waals surface area contributed by atoms with E-state index in [-0.39, 0.29) is 16.8 Å². The normalized spacial score (nSPS) is 17.2. The maximum absolute atomic E-state index is 14.5. The van der Waals surface area contributed by atoms with Crippen molar-refractivity contribution in [3.63, 3.8) is 0 Å². The van der Waals surface area contributed by atoms with Crippen molar-refractivity contribution in [3.8, 4) is 0 Å². The molecule has 0 radical (unpaired) electrons. The lowest BCUT2D eigenvalue weighted by Crippen LogP contribution is -2.31. The molecule has 0 spiro atoms. The van der Waals surface area contributed by atoms with Gasteiger partial charge in [-0.25, -0.2) is 4.39 Å². The third kappa shape index (κ3) is 2.70. The van der Waals surface area contributed by atoms with Gasteiger partial charge in [-0.1, -0.05) is 60.7 Å². The summed E-state index contributed by atoms with van der Waals surface area (Å²) in [4.78, 5) is 3.13. The maximum Gasteiger partial charge on any atom is 0.639 e. The average Bonchev–Trinajstić information content (AvgIpc) is 2.51. The number of halogens is 3. The van der Waals surface area contributed by atoms with Crippen LogP contribution in [0, 0.1) is 0 Å². The van der Waals surface area contributed by atoms with Crippen molar-refractivity contribution < 1.29 is 17.7 Å². The summed E-state index contributed by atoms with van der Waals surface area (Å²) >= 11 is 0. The molecule has 1 heterocycles. The van der Waals surface area contributed by atoms with E-state index in [4.69, 9.17) is 0 Å². The minimum atomic E-state index is -4.49. The van der Waals surface area contributed by atoms with Crippen LogP contribution < -0.4 is 0 Å². The van der Waals surface area contributed by atoms with Crippen LogP contribution in [-0.2, 0) is 4.65 Å². The van der Waals surface area contributed by atoms with Gasteiger partial charge in [0, 0.05) is 5.56 Å². The van der Waals surface area contributed by atoms with Crippen molar-refractivity contribution in [2.75, 3.05) is 0 Å². The number of hydrogen-bond donors (Lipinski definition) is 0. The summed E-state index contributed by atoms with van der Waals surface area (Å²) in [6.45, 7) is 0. The molecule has 0 unspecified atom stereocenters. The van der Waals surface area contributed by atoms with Gasteiger partial charge in [0.05, 0.1) is 5.71 Å². The van der Waals surface area contributed by atoms with Crippen LogP contribution in [0.1, 0.15) is 11.1 Å². The van der Waals surface area contributed by atoms with E-state index in [2.05, 4.69) is 9.56 Å². The fourth-order valence-electron chi connectivity index (χ4n) is 2.12. The van der Waals surface area contributed by atoms with Crippen LogP contribution in [0.4, 0.5) is 13.0 Å². The summed E-state index contributed by atoms with van der Waals surface area (Å²) in [5.74, 6) is -1.37. The van der Waals surface area contributed by atoms with Crippen LogP contribution >= 0.6 is 0 Å². The number of allylic oxidation sites excluding steroid dienone is 1. The fourth-order valence-corrected chi connectivity index (χ4v) is 2.12. The Morgan fingerprint density at radius 2 is 1.33 bits per heavy atom. The van der Waals surface area contributed by atoms with Crippen molar-refractivity contribution in [1.82, 2.24) is 0 Å². The van der Waals surface area contributed by atoms with Gasteiger partial charge >= 0.3 is 7.04 Å². The Hall–Kier alpha value is -2.50. The summed E-state index contributed by atoms with van der Waals surface area (Å²) in [5, 5.41) is 0. The van der Waals surface area contributed by atoms with Crippen molar-refractivity contribution in [1.29, 1.82) is 0 Å². The van der Waals surface area contributed by atoms with Crippen LogP contribution in [-0.4, -0.2) is 12.7 Å². The smallest absolute Gasteiger partial charge is 0.639 e. The van der Waals surface area contributed by atoms with Crippen LogP contribution in [0.15, 0.2) is 71.4 Å². The Balaban J connectivity index is 2.15. The first-order valence-corrected chi connectivity index (χ1v) is 6.37. The Morgan fingerprint density at radius 3 is 1.90 bits per heavy atom. The molecule has 0 saturated carbocycles.